The van der Waals surface area contributed by atoms with Gasteiger partial charge in [0.15, 0.2) is 0 Å². The highest BCUT2D eigenvalue weighted by atomic mass is 16.5. The van der Waals surface area contributed by atoms with Gasteiger partial charge in [0.25, 0.3) is 0 Å². The van der Waals surface area contributed by atoms with E-state index in [2.05, 4.69) is 0 Å². The second kappa shape index (κ2) is 7.66. The first-order valence-electron chi connectivity index (χ1n) is 8.84. The molecule has 3 rings (SSSR count). The van der Waals surface area contributed by atoms with Gasteiger partial charge in [-0.25, -0.2) is 4.79 Å². The van der Waals surface area contributed by atoms with Crippen LogP contribution in [0.3, 0.4) is 0 Å². The Bertz CT molecular complexity index is 1030. The molecule has 0 aliphatic rings. The minimum Gasteiger partial charge on any atom is -0.497 e. The van der Waals surface area contributed by atoms with Crippen LogP contribution in [0.4, 0.5) is 5.69 Å². The topological polar surface area (TPSA) is 59.8 Å². The first-order valence-corrected chi connectivity index (χ1v) is 8.84. The smallest absolute Gasteiger partial charge is 0.339 e. The van der Waals surface area contributed by atoms with Crippen LogP contribution in [0.15, 0.2) is 51.7 Å². The van der Waals surface area contributed by atoms with E-state index in [1.807, 2.05) is 50.2 Å². The molecule has 1 amide bonds. The molecule has 0 saturated heterocycles. The van der Waals surface area contributed by atoms with Crippen LogP contribution >= 0.6 is 0 Å². The number of nitrogens with zero attached hydrogens (tertiary/aromatic N) is 1. The number of carbonyl (C=O) groups excluding carboxylic acids is 1. The van der Waals surface area contributed by atoms with Crippen molar-refractivity contribution in [3.63, 3.8) is 0 Å². The van der Waals surface area contributed by atoms with Crippen LogP contribution in [-0.2, 0) is 11.2 Å². The summed E-state index contributed by atoms with van der Waals surface area (Å²) in [5.74, 6) is 0.584. The molecule has 2 aromatic carbocycles. The van der Waals surface area contributed by atoms with Crippen LogP contribution in [0, 0.1) is 13.8 Å². The third-order valence-corrected chi connectivity index (χ3v) is 4.88. The number of hydrogen-bond acceptors (Lipinski definition) is 4. The van der Waals surface area contributed by atoms with Crippen molar-refractivity contribution < 1.29 is 13.9 Å². The summed E-state index contributed by atoms with van der Waals surface area (Å²) in [5, 5.41) is 0.852. The van der Waals surface area contributed by atoms with E-state index >= 15 is 0 Å². The van der Waals surface area contributed by atoms with Gasteiger partial charge in [-0.3, -0.25) is 4.79 Å². The van der Waals surface area contributed by atoms with E-state index in [0.717, 1.165) is 22.2 Å². The fraction of sp³-hybridized carbons (Fsp3) is 0.273. The minimum absolute atomic E-state index is 0.0486. The molecule has 27 heavy (non-hydrogen) atoms. The van der Waals surface area contributed by atoms with Crippen LogP contribution < -0.4 is 15.3 Å². The van der Waals surface area contributed by atoms with Gasteiger partial charge in [0, 0.05) is 36.2 Å². The molecular formula is C22H23NO4. The molecule has 0 bridgehead atoms. The van der Waals surface area contributed by atoms with Gasteiger partial charge in [-0.2, -0.15) is 0 Å². The number of hydrogen-bond donors (Lipinski definition) is 0. The number of fused-ring (bicyclic) bond motifs is 1. The average Bonchev–Trinajstić information content (AvgIpc) is 2.67. The summed E-state index contributed by atoms with van der Waals surface area (Å²) in [5.41, 5.74) is 3.44. The van der Waals surface area contributed by atoms with Crippen molar-refractivity contribution in [2.75, 3.05) is 19.1 Å². The molecule has 0 aliphatic heterocycles. The van der Waals surface area contributed by atoms with Gasteiger partial charge >= 0.3 is 5.63 Å². The summed E-state index contributed by atoms with van der Waals surface area (Å²) < 4.78 is 10.6. The SMILES string of the molecule is COc1ccc2c(C)c(CCC(=O)N(C)c3ccc(C)cc3)c(=O)oc2c1. The maximum atomic E-state index is 12.5. The number of amides is 1. The zero-order valence-corrected chi connectivity index (χ0v) is 16.0. The number of ether oxygens (including phenoxy) is 1. The fourth-order valence-corrected chi connectivity index (χ4v) is 3.10. The lowest BCUT2D eigenvalue weighted by atomic mass is 10.0. The summed E-state index contributed by atoms with van der Waals surface area (Å²) in [6.45, 7) is 3.89. The fourth-order valence-electron chi connectivity index (χ4n) is 3.10. The largest absolute Gasteiger partial charge is 0.497 e. The molecule has 0 N–H and O–H groups in total. The van der Waals surface area contributed by atoms with E-state index in [1.54, 1.807) is 25.1 Å². The van der Waals surface area contributed by atoms with Crippen molar-refractivity contribution >= 4 is 22.6 Å². The van der Waals surface area contributed by atoms with E-state index in [-0.39, 0.29) is 12.3 Å². The predicted octanol–water partition coefficient (Wildman–Crippen LogP) is 4.01. The number of aryl methyl sites for hydroxylation is 2. The quantitative estimate of drug-likeness (QED) is 0.641. The van der Waals surface area contributed by atoms with E-state index in [0.29, 0.717) is 23.3 Å². The third-order valence-electron chi connectivity index (χ3n) is 4.88. The van der Waals surface area contributed by atoms with Gasteiger partial charge in [0.1, 0.15) is 11.3 Å². The summed E-state index contributed by atoms with van der Waals surface area (Å²) in [4.78, 5) is 26.6. The summed E-state index contributed by atoms with van der Waals surface area (Å²) in [6, 6.07) is 13.2. The Morgan fingerprint density at radius 2 is 1.81 bits per heavy atom. The second-order valence-electron chi connectivity index (χ2n) is 6.64. The highest BCUT2D eigenvalue weighted by Crippen LogP contribution is 2.24. The number of benzene rings is 2. The van der Waals surface area contributed by atoms with Crippen molar-refractivity contribution in [1.29, 1.82) is 0 Å². The van der Waals surface area contributed by atoms with Crippen molar-refractivity contribution in [3.05, 3.63) is 69.6 Å². The number of carbonyl (C=O) groups is 1. The second-order valence-corrected chi connectivity index (χ2v) is 6.64. The zero-order chi connectivity index (χ0) is 19.6. The molecule has 0 fully saturated rings. The standard InChI is InChI=1S/C22H23NO4/c1-14-5-7-16(8-6-14)23(3)21(24)12-11-19-15(2)18-10-9-17(26-4)13-20(18)27-22(19)25/h5-10,13H,11-12H2,1-4H3. The lowest BCUT2D eigenvalue weighted by Crippen LogP contribution is -2.27. The molecule has 0 aliphatic carbocycles. The average molecular weight is 365 g/mol. The molecule has 0 unspecified atom stereocenters. The van der Waals surface area contributed by atoms with Crippen LogP contribution in [0.25, 0.3) is 11.0 Å². The Balaban J connectivity index is 1.81. The molecule has 5 nitrogen and oxygen atoms in total. The molecule has 0 radical (unpaired) electrons. The van der Waals surface area contributed by atoms with Crippen molar-refractivity contribution in [1.82, 2.24) is 0 Å². The first kappa shape index (κ1) is 18.7. The van der Waals surface area contributed by atoms with Gasteiger partial charge in [-0.1, -0.05) is 17.7 Å². The lowest BCUT2D eigenvalue weighted by molar-refractivity contribution is -0.118. The Kier molecular flexibility index (Phi) is 5.31. The molecule has 5 heteroatoms. The molecular weight excluding hydrogens is 342 g/mol. The summed E-state index contributed by atoms with van der Waals surface area (Å²) >= 11 is 0. The van der Waals surface area contributed by atoms with Gasteiger partial charge in [0.2, 0.25) is 5.91 Å². The molecule has 3 aromatic rings. The van der Waals surface area contributed by atoms with Crippen molar-refractivity contribution in [3.8, 4) is 5.75 Å². The van der Waals surface area contributed by atoms with E-state index in [9.17, 15) is 9.59 Å². The van der Waals surface area contributed by atoms with E-state index < -0.39 is 5.63 Å². The zero-order valence-electron chi connectivity index (χ0n) is 16.0. The number of methoxy groups -OCH3 is 1. The Labute approximate surface area is 158 Å². The highest BCUT2D eigenvalue weighted by Gasteiger charge is 2.16. The van der Waals surface area contributed by atoms with Crippen LogP contribution in [-0.4, -0.2) is 20.1 Å². The highest BCUT2D eigenvalue weighted by molar-refractivity contribution is 5.93. The van der Waals surface area contributed by atoms with Gasteiger partial charge in [0.05, 0.1) is 7.11 Å². The molecule has 0 saturated carbocycles. The predicted molar refractivity (Wildman–Crippen MR) is 107 cm³/mol. The van der Waals surface area contributed by atoms with E-state index in [1.165, 1.54) is 0 Å². The van der Waals surface area contributed by atoms with Crippen molar-refractivity contribution in [2.24, 2.45) is 0 Å². The minimum atomic E-state index is -0.404. The Hall–Kier alpha value is -3.08. The van der Waals surface area contributed by atoms with Gasteiger partial charge in [-0.05, 0) is 50.1 Å². The summed E-state index contributed by atoms with van der Waals surface area (Å²) in [7, 11) is 3.31. The van der Waals surface area contributed by atoms with Gasteiger partial charge < -0.3 is 14.1 Å². The maximum absolute atomic E-state index is 12.5. The van der Waals surface area contributed by atoms with Gasteiger partial charge in [-0.15, -0.1) is 0 Å². The normalized spacial score (nSPS) is 10.8. The molecule has 1 aromatic heterocycles. The molecule has 0 spiro atoms. The third kappa shape index (κ3) is 3.87. The van der Waals surface area contributed by atoms with Crippen molar-refractivity contribution in [2.45, 2.75) is 26.7 Å². The van der Waals surface area contributed by atoms with E-state index in [4.69, 9.17) is 9.15 Å². The lowest BCUT2D eigenvalue weighted by Gasteiger charge is -2.17. The number of rotatable bonds is 5. The molecule has 1 heterocycles. The molecule has 0 atom stereocenters. The van der Waals surface area contributed by atoms with Crippen LogP contribution in [0.5, 0.6) is 5.75 Å². The van der Waals surface area contributed by atoms with Crippen LogP contribution in [0.1, 0.15) is 23.1 Å². The Morgan fingerprint density at radius 1 is 1.11 bits per heavy atom. The van der Waals surface area contributed by atoms with Crippen LogP contribution in [0.2, 0.25) is 0 Å². The summed E-state index contributed by atoms with van der Waals surface area (Å²) in [6.07, 6.45) is 0.572. The maximum Gasteiger partial charge on any atom is 0.339 e. The number of anilines is 1. The monoisotopic (exact) mass is 365 g/mol. The molecule has 140 valence electrons. The Morgan fingerprint density at radius 3 is 2.48 bits per heavy atom. The first-order chi connectivity index (χ1) is 12.9.